The summed E-state index contributed by atoms with van der Waals surface area (Å²) in [4.78, 5) is 28.4. The van der Waals surface area contributed by atoms with E-state index in [0.717, 1.165) is 0 Å². The zero-order valence-corrected chi connectivity index (χ0v) is 15.9. The summed E-state index contributed by atoms with van der Waals surface area (Å²) in [6.45, 7) is 2.02. The largest absolute Gasteiger partial charge is 0.465 e. The summed E-state index contributed by atoms with van der Waals surface area (Å²) in [5.74, 6) is -0.406. The molecular formula is C20H19N5O4. The summed E-state index contributed by atoms with van der Waals surface area (Å²) in [5, 5.41) is 13.8. The molecule has 0 bridgehead atoms. The molecule has 0 saturated heterocycles. The Balaban J connectivity index is 1.84. The summed E-state index contributed by atoms with van der Waals surface area (Å²) in [7, 11) is 1.31. The van der Waals surface area contributed by atoms with Gasteiger partial charge in [-0.2, -0.15) is 10.1 Å². The number of nitrogens with zero attached hydrogens (tertiary/aromatic N) is 3. The molecule has 1 aromatic heterocycles. The highest BCUT2D eigenvalue weighted by Crippen LogP contribution is 2.22. The fourth-order valence-corrected chi connectivity index (χ4v) is 2.53. The molecule has 0 unspecified atom stereocenters. The van der Waals surface area contributed by atoms with Crippen LogP contribution in [0, 0.1) is 0 Å². The Bertz CT molecular complexity index is 1030. The quantitative estimate of drug-likeness (QED) is 0.583. The van der Waals surface area contributed by atoms with Crippen molar-refractivity contribution in [2.45, 2.75) is 6.92 Å². The van der Waals surface area contributed by atoms with Crippen LogP contribution >= 0.6 is 0 Å². The molecule has 9 heteroatoms. The van der Waals surface area contributed by atoms with Gasteiger partial charge in [0.05, 0.1) is 42.4 Å². The van der Waals surface area contributed by atoms with Crippen LogP contribution < -0.4 is 10.6 Å². The second-order valence-corrected chi connectivity index (χ2v) is 5.72. The zero-order valence-electron chi connectivity index (χ0n) is 15.9. The molecule has 148 valence electrons. The fraction of sp³-hybridized carbons (Fsp3) is 0.150. The number of hydrogen-bond acceptors (Lipinski definition) is 9. The van der Waals surface area contributed by atoms with Crippen molar-refractivity contribution in [3.63, 3.8) is 0 Å². The third-order valence-corrected chi connectivity index (χ3v) is 3.82. The second kappa shape index (κ2) is 9.27. The van der Waals surface area contributed by atoms with Gasteiger partial charge in [-0.05, 0) is 31.2 Å². The molecular weight excluding hydrogens is 374 g/mol. The highest BCUT2D eigenvalue weighted by molar-refractivity contribution is 5.97. The van der Waals surface area contributed by atoms with E-state index in [2.05, 4.69) is 25.8 Å². The van der Waals surface area contributed by atoms with Crippen molar-refractivity contribution in [3.8, 4) is 0 Å². The number of ether oxygens (including phenoxy) is 2. The van der Waals surface area contributed by atoms with Crippen molar-refractivity contribution in [2.75, 3.05) is 24.4 Å². The van der Waals surface area contributed by atoms with Crippen LogP contribution in [0.2, 0.25) is 0 Å². The van der Waals surface area contributed by atoms with E-state index in [1.54, 1.807) is 55.5 Å². The Morgan fingerprint density at radius 2 is 1.55 bits per heavy atom. The number of nitrogens with one attached hydrogen (secondary N) is 2. The molecule has 1 heterocycles. The first-order chi connectivity index (χ1) is 14.1. The SMILES string of the molecule is CCOC(=O)c1ccccc1Nc1cnnc(Nc2ccccc2C(=O)OC)n1. The van der Waals surface area contributed by atoms with E-state index >= 15 is 0 Å². The van der Waals surface area contributed by atoms with E-state index in [1.165, 1.54) is 13.3 Å². The summed E-state index contributed by atoms with van der Waals surface area (Å²) >= 11 is 0. The van der Waals surface area contributed by atoms with Crippen LogP contribution in [-0.4, -0.2) is 40.8 Å². The molecule has 0 aliphatic rings. The number of methoxy groups -OCH3 is 1. The fourth-order valence-electron chi connectivity index (χ4n) is 2.53. The molecule has 2 N–H and O–H groups in total. The third-order valence-electron chi connectivity index (χ3n) is 3.82. The number of anilines is 4. The first kappa shape index (κ1) is 19.7. The Morgan fingerprint density at radius 1 is 0.931 bits per heavy atom. The minimum absolute atomic E-state index is 0.167. The average Bonchev–Trinajstić information content (AvgIpc) is 2.74. The van der Waals surface area contributed by atoms with Crippen molar-refractivity contribution < 1.29 is 19.1 Å². The molecule has 2 aromatic carbocycles. The zero-order chi connectivity index (χ0) is 20.6. The lowest BCUT2D eigenvalue weighted by Crippen LogP contribution is -2.10. The molecule has 3 aromatic rings. The van der Waals surface area contributed by atoms with Crippen molar-refractivity contribution >= 4 is 35.1 Å². The predicted octanol–water partition coefficient (Wildman–Crippen LogP) is 3.32. The summed E-state index contributed by atoms with van der Waals surface area (Å²) in [5.41, 5.74) is 1.71. The van der Waals surface area contributed by atoms with E-state index in [4.69, 9.17) is 9.47 Å². The van der Waals surface area contributed by atoms with Crippen molar-refractivity contribution in [3.05, 3.63) is 65.9 Å². The maximum atomic E-state index is 12.1. The molecule has 0 atom stereocenters. The second-order valence-electron chi connectivity index (χ2n) is 5.72. The topological polar surface area (TPSA) is 115 Å². The third kappa shape index (κ3) is 4.83. The Kier molecular flexibility index (Phi) is 6.31. The van der Waals surface area contributed by atoms with Crippen LogP contribution in [-0.2, 0) is 9.47 Å². The van der Waals surface area contributed by atoms with E-state index in [9.17, 15) is 9.59 Å². The molecule has 3 rings (SSSR count). The lowest BCUT2D eigenvalue weighted by atomic mass is 10.2. The highest BCUT2D eigenvalue weighted by Gasteiger charge is 2.14. The number of para-hydroxylation sites is 2. The monoisotopic (exact) mass is 393 g/mol. The van der Waals surface area contributed by atoms with E-state index in [0.29, 0.717) is 28.3 Å². The van der Waals surface area contributed by atoms with Gasteiger partial charge in [-0.25, -0.2) is 9.59 Å². The molecule has 0 fully saturated rings. The van der Waals surface area contributed by atoms with Gasteiger partial charge in [-0.15, -0.1) is 5.10 Å². The number of rotatable bonds is 7. The summed E-state index contributed by atoms with van der Waals surface area (Å²) in [6, 6.07) is 13.7. The van der Waals surface area contributed by atoms with Gasteiger partial charge in [-0.3, -0.25) is 0 Å². The summed E-state index contributed by atoms with van der Waals surface area (Å²) < 4.78 is 9.85. The number of benzene rings is 2. The van der Waals surface area contributed by atoms with Gasteiger partial charge in [-0.1, -0.05) is 24.3 Å². The standard InChI is InChI=1S/C20H19N5O4/c1-3-29-19(27)14-9-5-6-10-15(14)22-17-12-21-25-20(24-17)23-16-11-7-4-8-13(16)18(26)28-2/h4-12H,3H2,1-2H3,(H2,22,23,24,25). The highest BCUT2D eigenvalue weighted by atomic mass is 16.5. The lowest BCUT2D eigenvalue weighted by molar-refractivity contribution is 0.0526. The van der Waals surface area contributed by atoms with Crippen LogP contribution in [0.1, 0.15) is 27.6 Å². The number of aromatic nitrogens is 3. The Labute approximate surface area is 167 Å². The summed E-state index contributed by atoms with van der Waals surface area (Å²) in [6.07, 6.45) is 1.42. The molecule has 0 amide bonds. The van der Waals surface area contributed by atoms with Gasteiger partial charge in [0, 0.05) is 0 Å². The van der Waals surface area contributed by atoms with E-state index in [-0.39, 0.29) is 12.6 Å². The smallest absolute Gasteiger partial charge is 0.340 e. The Hall–Kier alpha value is -4.01. The van der Waals surface area contributed by atoms with Crippen LogP contribution in [0.15, 0.2) is 54.7 Å². The number of carbonyl (C=O) groups is 2. The maximum Gasteiger partial charge on any atom is 0.340 e. The first-order valence-electron chi connectivity index (χ1n) is 8.79. The predicted molar refractivity (Wildman–Crippen MR) is 107 cm³/mol. The van der Waals surface area contributed by atoms with Gasteiger partial charge >= 0.3 is 11.9 Å². The van der Waals surface area contributed by atoms with Gasteiger partial charge < -0.3 is 20.1 Å². The number of esters is 2. The molecule has 0 saturated carbocycles. The maximum absolute atomic E-state index is 12.1. The van der Waals surface area contributed by atoms with Crippen molar-refractivity contribution in [1.82, 2.24) is 15.2 Å². The van der Waals surface area contributed by atoms with Crippen LogP contribution in [0.4, 0.5) is 23.1 Å². The number of hydrogen-bond donors (Lipinski definition) is 2. The van der Waals surface area contributed by atoms with Gasteiger partial charge in [0.25, 0.3) is 0 Å². The minimum Gasteiger partial charge on any atom is -0.465 e. The molecule has 0 radical (unpaired) electrons. The Morgan fingerprint density at radius 3 is 2.21 bits per heavy atom. The van der Waals surface area contributed by atoms with Crippen LogP contribution in [0.25, 0.3) is 0 Å². The molecule has 0 spiro atoms. The molecule has 0 aliphatic carbocycles. The molecule has 29 heavy (non-hydrogen) atoms. The normalized spacial score (nSPS) is 10.1. The van der Waals surface area contributed by atoms with Crippen LogP contribution in [0.5, 0.6) is 0 Å². The van der Waals surface area contributed by atoms with E-state index < -0.39 is 11.9 Å². The van der Waals surface area contributed by atoms with Crippen molar-refractivity contribution in [1.29, 1.82) is 0 Å². The first-order valence-corrected chi connectivity index (χ1v) is 8.79. The van der Waals surface area contributed by atoms with Gasteiger partial charge in [0.15, 0.2) is 5.82 Å². The molecule has 0 aliphatic heterocycles. The van der Waals surface area contributed by atoms with Crippen LogP contribution in [0.3, 0.4) is 0 Å². The lowest BCUT2D eigenvalue weighted by Gasteiger charge is -2.12. The average molecular weight is 393 g/mol. The van der Waals surface area contributed by atoms with E-state index in [1.807, 2.05) is 0 Å². The minimum atomic E-state index is -0.487. The molecule has 9 nitrogen and oxygen atoms in total. The van der Waals surface area contributed by atoms with Gasteiger partial charge in [0.1, 0.15) is 0 Å². The number of carbonyl (C=O) groups excluding carboxylic acids is 2. The van der Waals surface area contributed by atoms with Gasteiger partial charge in [0.2, 0.25) is 5.95 Å². The van der Waals surface area contributed by atoms with Crippen molar-refractivity contribution in [2.24, 2.45) is 0 Å².